The van der Waals surface area contributed by atoms with E-state index in [1.54, 1.807) is 19.5 Å². The third-order valence-electron chi connectivity index (χ3n) is 4.25. The first-order valence-corrected chi connectivity index (χ1v) is 8.93. The first-order valence-electron chi connectivity index (χ1n) is 8.93. The standard InChI is InChI=1S/C20H25N3O3/c1-25-19-12-16(13-22-10-11-23-20(24)17-3-4-17)2-5-18(19)26-14-15-6-8-21-9-7-15/h2,5-9,12,17,22H,3-4,10-11,13-14H2,1H3,(H,23,24). The summed E-state index contributed by atoms with van der Waals surface area (Å²) in [6, 6.07) is 9.75. The van der Waals surface area contributed by atoms with E-state index < -0.39 is 0 Å². The van der Waals surface area contributed by atoms with Gasteiger partial charge in [0, 0.05) is 37.9 Å². The molecule has 6 nitrogen and oxygen atoms in total. The second-order valence-corrected chi connectivity index (χ2v) is 6.37. The van der Waals surface area contributed by atoms with Crippen LogP contribution in [0.1, 0.15) is 24.0 Å². The number of hydrogen-bond acceptors (Lipinski definition) is 5. The van der Waals surface area contributed by atoms with Crippen molar-refractivity contribution >= 4 is 5.91 Å². The van der Waals surface area contributed by atoms with E-state index in [0.717, 1.165) is 30.5 Å². The van der Waals surface area contributed by atoms with E-state index in [4.69, 9.17) is 9.47 Å². The predicted molar refractivity (Wildman–Crippen MR) is 99.0 cm³/mol. The lowest BCUT2D eigenvalue weighted by molar-refractivity contribution is -0.122. The van der Waals surface area contributed by atoms with Gasteiger partial charge in [-0.2, -0.15) is 0 Å². The van der Waals surface area contributed by atoms with Crippen molar-refractivity contribution in [1.82, 2.24) is 15.6 Å². The molecule has 1 fully saturated rings. The molecule has 1 aromatic carbocycles. The summed E-state index contributed by atoms with van der Waals surface area (Å²) in [6.45, 7) is 2.57. The maximum absolute atomic E-state index is 11.6. The molecule has 1 aliphatic rings. The normalized spacial score (nSPS) is 13.3. The van der Waals surface area contributed by atoms with Crippen LogP contribution in [0, 0.1) is 5.92 Å². The van der Waals surface area contributed by atoms with Crippen molar-refractivity contribution in [1.29, 1.82) is 0 Å². The second kappa shape index (κ2) is 9.20. The Morgan fingerprint density at radius 1 is 1.12 bits per heavy atom. The Labute approximate surface area is 153 Å². The summed E-state index contributed by atoms with van der Waals surface area (Å²) in [5.74, 6) is 1.87. The van der Waals surface area contributed by atoms with Crippen molar-refractivity contribution < 1.29 is 14.3 Å². The van der Waals surface area contributed by atoms with Gasteiger partial charge in [-0.15, -0.1) is 0 Å². The number of nitrogens with zero attached hydrogens (tertiary/aromatic N) is 1. The Hall–Kier alpha value is -2.60. The van der Waals surface area contributed by atoms with E-state index in [0.29, 0.717) is 31.2 Å². The smallest absolute Gasteiger partial charge is 0.223 e. The van der Waals surface area contributed by atoms with Crippen LogP contribution >= 0.6 is 0 Å². The lowest BCUT2D eigenvalue weighted by atomic mass is 10.2. The quantitative estimate of drug-likeness (QED) is 0.640. The van der Waals surface area contributed by atoms with Gasteiger partial charge in [0.15, 0.2) is 11.5 Å². The number of benzene rings is 1. The fourth-order valence-electron chi connectivity index (χ4n) is 2.58. The molecule has 6 heteroatoms. The molecule has 1 aliphatic carbocycles. The van der Waals surface area contributed by atoms with Crippen molar-refractivity contribution in [3.05, 3.63) is 53.9 Å². The number of ether oxygens (including phenoxy) is 2. The van der Waals surface area contributed by atoms with E-state index >= 15 is 0 Å². The minimum atomic E-state index is 0.184. The number of aromatic nitrogens is 1. The minimum Gasteiger partial charge on any atom is -0.493 e. The summed E-state index contributed by atoms with van der Waals surface area (Å²) >= 11 is 0. The molecule has 2 N–H and O–H groups in total. The molecule has 1 heterocycles. The van der Waals surface area contributed by atoms with E-state index in [9.17, 15) is 4.79 Å². The predicted octanol–water partition coefficient (Wildman–Crippen LogP) is 2.29. The van der Waals surface area contributed by atoms with Crippen molar-refractivity contribution in [2.45, 2.75) is 26.0 Å². The Kier molecular flexibility index (Phi) is 6.44. The van der Waals surface area contributed by atoms with Gasteiger partial charge in [-0.1, -0.05) is 6.07 Å². The van der Waals surface area contributed by atoms with Crippen LogP contribution in [-0.2, 0) is 17.9 Å². The average Bonchev–Trinajstić information content (AvgIpc) is 3.52. The number of carbonyl (C=O) groups is 1. The van der Waals surface area contributed by atoms with Gasteiger partial charge in [-0.25, -0.2) is 0 Å². The molecule has 0 radical (unpaired) electrons. The molecule has 0 bridgehead atoms. The Balaban J connectivity index is 1.44. The third kappa shape index (κ3) is 5.46. The van der Waals surface area contributed by atoms with E-state index in [1.165, 1.54) is 0 Å². The van der Waals surface area contributed by atoms with Crippen LogP contribution in [0.3, 0.4) is 0 Å². The Morgan fingerprint density at radius 3 is 2.65 bits per heavy atom. The zero-order chi connectivity index (χ0) is 18.2. The summed E-state index contributed by atoms with van der Waals surface area (Å²) in [6.07, 6.45) is 5.57. The van der Waals surface area contributed by atoms with Crippen LogP contribution in [-0.4, -0.2) is 31.1 Å². The van der Waals surface area contributed by atoms with Gasteiger partial charge in [0.2, 0.25) is 5.91 Å². The average molecular weight is 355 g/mol. The van der Waals surface area contributed by atoms with Crippen LogP contribution < -0.4 is 20.1 Å². The number of hydrogen-bond donors (Lipinski definition) is 2. The van der Waals surface area contributed by atoms with Gasteiger partial charge in [-0.3, -0.25) is 9.78 Å². The van der Waals surface area contributed by atoms with E-state index in [1.807, 2.05) is 30.3 Å². The molecule has 0 spiro atoms. The molecule has 2 aromatic rings. The van der Waals surface area contributed by atoms with Crippen LogP contribution in [0.5, 0.6) is 11.5 Å². The molecule has 0 atom stereocenters. The molecule has 0 unspecified atom stereocenters. The maximum atomic E-state index is 11.6. The monoisotopic (exact) mass is 355 g/mol. The zero-order valence-electron chi connectivity index (χ0n) is 15.0. The van der Waals surface area contributed by atoms with Gasteiger partial charge in [0.05, 0.1) is 7.11 Å². The lowest BCUT2D eigenvalue weighted by Crippen LogP contribution is -2.32. The highest BCUT2D eigenvalue weighted by Gasteiger charge is 2.28. The highest BCUT2D eigenvalue weighted by Crippen LogP contribution is 2.29. The fourth-order valence-corrected chi connectivity index (χ4v) is 2.58. The summed E-state index contributed by atoms with van der Waals surface area (Å²) in [5, 5.41) is 6.27. The summed E-state index contributed by atoms with van der Waals surface area (Å²) in [7, 11) is 1.64. The number of pyridine rings is 1. The van der Waals surface area contributed by atoms with Crippen LogP contribution in [0.2, 0.25) is 0 Å². The third-order valence-corrected chi connectivity index (χ3v) is 4.25. The largest absolute Gasteiger partial charge is 0.493 e. The lowest BCUT2D eigenvalue weighted by Gasteiger charge is -2.13. The summed E-state index contributed by atoms with van der Waals surface area (Å²) in [4.78, 5) is 15.5. The molecule has 0 saturated heterocycles. The molecule has 26 heavy (non-hydrogen) atoms. The second-order valence-electron chi connectivity index (χ2n) is 6.37. The number of methoxy groups -OCH3 is 1. The molecule has 3 rings (SSSR count). The molecular weight excluding hydrogens is 330 g/mol. The van der Waals surface area contributed by atoms with Crippen molar-refractivity contribution in [3.63, 3.8) is 0 Å². The van der Waals surface area contributed by atoms with E-state index in [-0.39, 0.29) is 11.8 Å². The first-order chi connectivity index (χ1) is 12.8. The molecule has 0 aliphatic heterocycles. The molecule has 1 aromatic heterocycles. The molecule has 1 saturated carbocycles. The number of carbonyl (C=O) groups excluding carboxylic acids is 1. The SMILES string of the molecule is COc1cc(CNCCNC(=O)C2CC2)ccc1OCc1ccncc1. The fraction of sp³-hybridized carbons (Fsp3) is 0.400. The number of rotatable bonds is 10. The Bertz CT molecular complexity index is 717. The first kappa shape index (κ1) is 18.2. The minimum absolute atomic E-state index is 0.184. The van der Waals surface area contributed by atoms with E-state index in [2.05, 4.69) is 15.6 Å². The zero-order valence-corrected chi connectivity index (χ0v) is 15.0. The highest BCUT2D eigenvalue weighted by atomic mass is 16.5. The topological polar surface area (TPSA) is 72.5 Å². The number of nitrogens with one attached hydrogen (secondary N) is 2. The highest BCUT2D eigenvalue weighted by molar-refractivity contribution is 5.80. The number of amides is 1. The Morgan fingerprint density at radius 2 is 1.92 bits per heavy atom. The molecule has 138 valence electrons. The van der Waals surface area contributed by atoms with Gasteiger partial charge < -0.3 is 20.1 Å². The van der Waals surface area contributed by atoms with Crippen LogP contribution in [0.15, 0.2) is 42.7 Å². The van der Waals surface area contributed by atoms with Gasteiger partial charge in [0.25, 0.3) is 0 Å². The van der Waals surface area contributed by atoms with Gasteiger partial charge in [-0.05, 0) is 48.2 Å². The van der Waals surface area contributed by atoms with Gasteiger partial charge >= 0.3 is 0 Å². The molecule has 1 amide bonds. The van der Waals surface area contributed by atoms with Crippen molar-refractivity contribution in [2.75, 3.05) is 20.2 Å². The summed E-state index contributed by atoms with van der Waals surface area (Å²) in [5.41, 5.74) is 2.16. The van der Waals surface area contributed by atoms with Crippen molar-refractivity contribution in [3.8, 4) is 11.5 Å². The van der Waals surface area contributed by atoms with Crippen LogP contribution in [0.25, 0.3) is 0 Å². The van der Waals surface area contributed by atoms with Crippen LogP contribution in [0.4, 0.5) is 0 Å². The van der Waals surface area contributed by atoms with Gasteiger partial charge in [0.1, 0.15) is 6.61 Å². The van der Waals surface area contributed by atoms with Crippen molar-refractivity contribution in [2.24, 2.45) is 5.92 Å². The molecular formula is C20H25N3O3. The maximum Gasteiger partial charge on any atom is 0.223 e. The summed E-state index contributed by atoms with van der Waals surface area (Å²) < 4.78 is 11.3.